The van der Waals surface area contributed by atoms with E-state index in [1.54, 1.807) is 0 Å². The molecule has 2 rings (SSSR count). The number of carbonyl (C=O) groups is 1. The van der Waals surface area contributed by atoms with Crippen LogP contribution in [0, 0.1) is 11.3 Å². The van der Waals surface area contributed by atoms with Gasteiger partial charge in [0.1, 0.15) is 0 Å². The monoisotopic (exact) mass is 212 g/mol. The molecular weight excluding hydrogens is 192 g/mol. The number of carboxylic acid groups (broad SMARTS) is 1. The molecule has 3 nitrogen and oxygen atoms in total. The fourth-order valence-corrected chi connectivity index (χ4v) is 3.59. The largest absolute Gasteiger partial charge is 0.481 e. The number of aliphatic carboxylic acids is 1. The van der Waals surface area contributed by atoms with Crippen LogP contribution in [0.2, 0.25) is 0 Å². The summed E-state index contributed by atoms with van der Waals surface area (Å²) in [5.41, 5.74) is -0.577. The summed E-state index contributed by atoms with van der Waals surface area (Å²) in [7, 11) is 0. The van der Waals surface area contributed by atoms with Gasteiger partial charge in [0.2, 0.25) is 0 Å². The fraction of sp³-hybridized carbons (Fsp3) is 0.917. The zero-order valence-corrected chi connectivity index (χ0v) is 9.53. The lowest BCUT2D eigenvalue weighted by molar-refractivity contribution is -0.157. The van der Waals surface area contributed by atoms with Gasteiger partial charge in [0.25, 0.3) is 0 Å². The topological polar surface area (TPSA) is 46.5 Å². The summed E-state index contributed by atoms with van der Waals surface area (Å²) in [5, 5.41) is 9.54. The van der Waals surface area contributed by atoms with E-state index < -0.39 is 11.4 Å². The Balaban J connectivity index is 2.29. The van der Waals surface area contributed by atoms with Gasteiger partial charge in [-0.1, -0.05) is 26.7 Å². The second-order valence-electron chi connectivity index (χ2n) is 4.89. The van der Waals surface area contributed by atoms with Crippen molar-refractivity contribution in [3.63, 3.8) is 0 Å². The molecule has 0 aromatic rings. The van der Waals surface area contributed by atoms with Crippen molar-refractivity contribution in [2.75, 3.05) is 0 Å². The number of rotatable bonds is 4. The first-order valence-corrected chi connectivity index (χ1v) is 6.04. The van der Waals surface area contributed by atoms with Crippen LogP contribution < -0.4 is 0 Å². The molecule has 0 aromatic carbocycles. The first kappa shape index (κ1) is 10.9. The zero-order chi connectivity index (χ0) is 11.1. The van der Waals surface area contributed by atoms with E-state index in [-0.39, 0.29) is 18.1 Å². The van der Waals surface area contributed by atoms with Crippen LogP contribution in [0.25, 0.3) is 0 Å². The molecule has 3 atom stereocenters. The fourth-order valence-electron chi connectivity index (χ4n) is 3.59. The minimum atomic E-state index is -0.636. The van der Waals surface area contributed by atoms with Crippen LogP contribution in [-0.2, 0) is 9.53 Å². The van der Waals surface area contributed by atoms with Crippen LogP contribution in [-0.4, -0.2) is 23.3 Å². The number of ether oxygens (including phenoxy) is 1. The van der Waals surface area contributed by atoms with Crippen molar-refractivity contribution in [2.24, 2.45) is 11.3 Å². The molecule has 86 valence electrons. The van der Waals surface area contributed by atoms with Gasteiger partial charge in [-0.25, -0.2) is 0 Å². The maximum atomic E-state index is 11.6. The molecule has 2 bridgehead atoms. The number of carboxylic acids is 1. The molecule has 2 aliphatic heterocycles. The molecule has 0 spiro atoms. The zero-order valence-electron chi connectivity index (χ0n) is 9.53. The lowest BCUT2D eigenvalue weighted by Crippen LogP contribution is -2.46. The van der Waals surface area contributed by atoms with Gasteiger partial charge in [0.05, 0.1) is 17.6 Å². The Hall–Kier alpha value is -0.570. The minimum absolute atomic E-state index is 0.0232. The average molecular weight is 212 g/mol. The van der Waals surface area contributed by atoms with Gasteiger partial charge in [0, 0.05) is 0 Å². The van der Waals surface area contributed by atoms with E-state index in [0.29, 0.717) is 0 Å². The van der Waals surface area contributed by atoms with Crippen LogP contribution >= 0.6 is 0 Å². The second-order valence-corrected chi connectivity index (χ2v) is 4.89. The van der Waals surface area contributed by atoms with Crippen molar-refractivity contribution in [1.82, 2.24) is 0 Å². The number of hydrogen-bond acceptors (Lipinski definition) is 2. The standard InChI is InChI=1S/C12H20O3/c1-3-8(4-2)12(11(13)14)7-9-5-6-10(12)15-9/h8-10H,3-7H2,1-2H3,(H,13,14). The average Bonchev–Trinajstić information content (AvgIpc) is 2.79. The molecular formula is C12H20O3. The highest BCUT2D eigenvalue weighted by molar-refractivity contribution is 5.76. The second kappa shape index (κ2) is 3.78. The summed E-state index contributed by atoms with van der Waals surface area (Å²) in [6.45, 7) is 4.18. The van der Waals surface area contributed by atoms with Crippen LogP contribution in [0.15, 0.2) is 0 Å². The summed E-state index contributed by atoms with van der Waals surface area (Å²) < 4.78 is 5.75. The molecule has 15 heavy (non-hydrogen) atoms. The predicted octanol–water partition coefficient (Wildman–Crippen LogP) is 2.44. The Kier molecular flexibility index (Phi) is 2.75. The lowest BCUT2D eigenvalue weighted by Gasteiger charge is -2.37. The van der Waals surface area contributed by atoms with E-state index in [0.717, 1.165) is 32.1 Å². The van der Waals surface area contributed by atoms with Crippen LogP contribution in [0.5, 0.6) is 0 Å². The predicted molar refractivity (Wildman–Crippen MR) is 56.7 cm³/mol. The van der Waals surface area contributed by atoms with Crippen molar-refractivity contribution in [2.45, 2.75) is 58.2 Å². The smallest absolute Gasteiger partial charge is 0.312 e. The first-order valence-electron chi connectivity index (χ1n) is 6.04. The maximum absolute atomic E-state index is 11.6. The van der Waals surface area contributed by atoms with Crippen molar-refractivity contribution >= 4 is 5.97 Å². The molecule has 0 aromatic heterocycles. The van der Waals surface area contributed by atoms with E-state index in [1.165, 1.54) is 0 Å². The summed E-state index contributed by atoms with van der Waals surface area (Å²) in [5.74, 6) is -0.367. The highest BCUT2D eigenvalue weighted by Crippen LogP contribution is 2.53. The summed E-state index contributed by atoms with van der Waals surface area (Å²) >= 11 is 0. The molecule has 3 heteroatoms. The summed E-state index contributed by atoms with van der Waals surface area (Å²) in [4.78, 5) is 11.6. The van der Waals surface area contributed by atoms with Crippen molar-refractivity contribution < 1.29 is 14.6 Å². The van der Waals surface area contributed by atoms with Gasteiger partial charge in [-0.3, -0.25) is 4.79 Å². The third-order valence-corrected chi connectivity index (χ3v) is 4.36. The Morgan fingerprint density at radius 3 is 2.47 bits per heavy atom. The third kappa shape index (κ3) is 1.40. The maximum Gasteiger partial charge on any atom is 0.312 e. The van der Waals surface area contributed by atoms with Gasteiger partial charge >= 0.3 is 5.97 Å². The molecule has 2 heterocycles. The van der Waals surface area contributed by atoms with Crippen molar-refractivity contribution in [3.8, 4) is 0 Å². The lowest BCUT2D eigenvalue weighted by atomic mass is 9.64. The van der Waals surface area contributed by atoms with Crippen molar-refractivity contribution in [3.05, 3.63) is 0 Å². The number of hydrogen-bond donors (Lipinski definition) is 1. The quantitative estimate of drug-likeness (QED) is 0.778. The van der Waals surface area contributed by atoms with E-state index in [9.17, 15) is 9.90 Å². The molecule has 2 aliphatic rings. The van der Waals surface area contributed by atoms with Crippen LogP contribution in [0.1, 0.15) is 46.0 Å². The Bertz CT molecular complexity index is 260. The molecule has 1 N–H and O–H groups in total. The van der Waals surface area contributed by atoms with Gasteiger partial charge in [-0.15, -0.1) is 0 Å². The summed E-state index contributed by atoms with van der Waals surface area (Å²) in [6, 6.07) is 0. The third-order valence-electron chi connectivity index (χ3n) is 4.36. The SMILES string of the molecule is CCC(CC)C1(C(=O)O)CC2CCC1O2. The molecule has 2 saturated heterocycles. The van der Waals surface area contributed by atoms with Crippen LogP contribution in [0.3, 0.4) is 0 Å². The molecule has 0 saturated carbocycles. The van der Waals surface area contributed by atoms with E-state index in [2.05, 4.69) is 13.8 Å². The molecule has 0 radical (unpaired) electrons. The van der Waals surface area contributed by atoms with Gasteiger partial charge < -0.3 is 9.84 Å². The first-order chi connectivity index (χ1) is 7.15. The highest BCUT2D eigenvalue weighted by Gasteiger charge is 2.60. The van der Waals surface area contributed by atoms with E-state index in [4.69, 9.17) is 4.74 Å². The molecule has 2 fully saturated rings. The normalized spacial score (nSPS) is 38.9. The summed E-state index contributed by atoms with van der Waals surface area (Å²) in [6.07, 6.45) is 4.80. The van der Waals surface area contributed by atoms with E-state index in [1.807, 2.05) is 0 Å². The molecule has 0 amide bonds. The van der Waals surface area contributed by atoms with Gasteiger partial charge in [-0.2, -0.15) is 0 Å². The Labute approximate surface area is 90.8 Å². The van der Waals surface area contributed by atoms with Crippen molar-refractivity contribution in [1.29, 1.82) is 0 Å². The van der Waals surface area contributed by atoms with Crippen LogP contribution in [0.4, 0.5) is 0 Å². The Morgan fingerprint density at radius 2 is 2.13 bits per heavy atom. The highest BCUT2D eigenvalue weighted by atomic mass is 16.5. The Morgan fingerprint density at radius 1 is 1.47 bits per heavy atom. The van der Waals surface area contributed by atoms with E-state index >= 15 is 0 Å². The molecule has 0 aliphatic carbocycles. The van der Waals surface area contributed by atoms with Gasteiger partial charge in [0.15, 0.2) is 0 Å². The minimum Gasteiger partial charge on any atom is -0.481 e. The molecule has 3 unspecified atom stereocenters. The van der Waals surface area contributed by atoms with Gasteiger partial charge in [-0.05, 0) is 25.2 Å². The number of fused-ring (bicyclic) bond motifs is 2.